The van der Waals surface area contributed by atoms with Crippen molar-refractivity contribution in [3.63, 3.8) is 0 Å². The Morgan fingerprint density at radius 1 is 1.05 bits per heavy atom. The summed E-state index contributed by atoms with van der Waals surface area (Å²) in [6, 6.07) is 0. The van der Waals surface area contributed by atoms with Gasteiger partial charge in [-0.1, -0.05) is 34.6 Å². The van der Waals surface area contributed by atoms with E-state index in [0.717, 1.165) is 6.42 Å². The molecule has 2 aliphatic rings. The summed E-state index contributed by atoms with van der Waals surface area (Å²) in [6.07, 6.45) is 2.05. The fraction of sp³-hybridized carbons (Fsp3) is 0.889. The molecule has 0 saturated heterocycles. The molecule has 2 aliphatic carbocycles. The standard InChI is InChI=1S/C18H30O4/c1-11-6-13(19)8-18(5,16(11)21)10-22-14-7-12(2)15(20)17(3,4)9-14/h11-14,19H,6-10H2,1-5H3. The number of hydrogen-bond acceptors (Lipinski definition) is 4. The summed E-state index contributed by atoms with van der Waals surface area (Å²) < 4.78 is 6.06. The highest BCUT2D eigenvalue weighted by molar-refractivity contribution is 5.87. The average molecular weight is 310 g/mol. The Morgan fingerprint density at radius 2 is 1.64 bits per heavy atom. The fourth-order valence-electron chi connectivity index (χ4n) is 4.29. The zero-order chi connectivity index (χ0) is 16.7. The van der Waals surface area contributed by atoms with Crippen molar-refractivity contribution in [3.05, 3.63) is 0 Å². The number of carbonyl (C=O) groups is 2. The lowest BCUT2D eigenvalue weighted by molar-refractivity contribution is -0.152. The largest absolute Gasteiger partial charge is 0.393 e. The van der Waals surface area contributed by atoms with Crippen LogP contribution in [-0.4, -0.2) is 35.5 Å². The van der Waals surface area contributed by atoms with Crippen molar-refractivity contribution in [1.29, 1.82) is 0 Å². The molecule has 22 heavy (non-hydrogen) atoms. The molecule has 4 nitrogen and oxygen atoms in total. The summed E-state index contributed by atoms with van der Waals surface area (Å²) in [7, 11) is 0. The van der Waals surface area contributed by atoms with Crippen LogP contribution in [0.2, 0.25) is 0 Å². The van der Waals surface area contributed by atoms with E-state index in [4.69, 9.17) is 4.74 Å². The molecule has 0 aliphatic heterocycles. The maximum absolute atomic E-state index is 12.5. The molecule has 0 heterocycles. The summed E-state index contributed by atoms with van der Waals surface area (Å²) in [5.41, 5.74) is -0.960. The molecular weight excluding hydrogens is 280 g/mol. The van der Waals surface area contributed by atoms with Gasteiger partial charge in [-0.3, -0.25) is 9.59 Å². The average Bonchev–Trinajstić information content (AvgIpc) is 2.39. The van der Waals surface area contributed by atoms with Crippen LogP contribution < -0.4 is 0 Å². The minimum atomic E-state index is -0.605. The maximum Gasteiger partial charge on any atom is 0.144 e. The predicted octanol–water partition coefficient (Wildman–Crippen LogP) is 2.76. The lowest BCUT2D eigenvalue weighted by Crippen LogP contribution is -2.47. The van der Waals surface area contributed by atoms with E-state index >= 15 is 0 Å². The number of rotatable bonds is 3. The number of ether oxygens (including phenoxy) is 1. The van der Waals surface area contributed by atoms with E-state index in [0.29, 0.717) is 31.7 Å². The second-order valence-corrected chi connectivity index (χ2v) is 8.44. The van der Waals surface area contributed by atoms with Crippen LogP contribution in [0.25, 0.3) is 0 Å². The van der Waals surface area contributed by atoms with Gasteiger partial charge < -0.3 is 9.84 Å². The minimum absolute atomic E-state index is 0.00753. The van der Waals surface area contributed by atoms with Crippen LogP contribution in [0.3, 0.4) is 0 Å². The van der Waals surface area contributed by atoms with E-state index in [1.165, 1.54) is 0 Å². The van der Waals surface area contributed by atoms with E-state index in [1.54, 1.807) is 0 Å². The quantitative estimate of drug-likeness (QED) is 0.870. The van der Waals surface area contributed by atoms with Gasteiger partial charge in [0.25, 0.3) is 0 Å². The van der Waals surface area contributed by atoms with Crippen LogP contribution in [0.15, 0.2) is 0 Å². The van der Waals surface area contributed by atoms with E-state index in [-0.39, 0.29) is 29.1 Å². The topological polar surface area (TPSA) is 63.6 Å². The summed E-state index contributed by atoms with van der Waals surface area (Å²) in [5.74, 6) is 0.391. The Hall–Kier alpha value is -0.740. The first-order chi connectivity index (χ1) is 10.0. The molecule has 0 radical (unpaired) electrons. The molecule has 0 amide bonds. The number of carbonyl (C=O) groups excluding carboxylic acids is 2. The van der Waals surface area contributed by atoms with Crippen LogP contribution in [0.5, 0.6) is 0 Å². The molecule has 2 rings (SSSR count). The number of aliphatic hydroxyl groups excluding tert-OH is 1. The Kier molecular flexibility index (Phi) is 4.84. The Morgan fingerprint density at radius 3 is 2.23 bits per heavy atom. The van der Waals surface area contributed by atoms with Crippen molar-refractivity contribution in [3.8, 4) is 0 Å². The lowest BCUT2D eigenvalue weighted by Gasteiger charge is -2.41. The first-order valence-electron chi connectivity index (χ1n) is 8.43. The van der Waals surface area contributed by atoms with E-state index in [9.17, 15) is 14.7 Å². The van der Waals surface area contributed by atoms with Crippen LogP contribution >= 0.6 is 0 Å². The minimum Gasteiger partial charge on any atom is -0.393 e. The molecule has 2 fully saturated rings. The van der Waals surface area contributed by atoms with Crippen molar-refractivity contribution in [2.75, 3.05) is 6.61 Å². The van der Waals surface area contributed by atoms with Gasteiger partial charge in [0.2, 0.25) is 0 Å². The van der Waals surface area contributed by atoms with Gasteiger partial charge in [0.15, 0.2) is 0 Å². The maximum atomic E-state index is 12.5. The number of ketones is 2. The Balaban J connectivity index is 2.00. The second kappa shape index (κ2) is 6.04. The van der Waals surface area contributed by atoms with Crippen LogP contribution in [0.1, 0.15) is 60.3 Å². The predicted molar refractivity (Wildman–Crippen MR) is 84.4 cm³/mol. The third kappa shape index (κ3) is 3.43. The molecule has 4 heteroatoms. The summed E-state index contributed by atoms with van der Waals surface area (Å²) in [5, 5.41) is 9.98. The lowest BCUT2D eigenvalue weighted by atomic mass is 9.69. The van der Waals surface area contributed by atoms with Gasteiger partial charge >= 0.3 is 0 Å². The molecule has 5 unspecified atom stereocenters. The van der Waals surface area contributed by atoms with Crippen molar-refractivity contribution in [2.45, 2.75) is 72.5 Å². The van der Waals surface area contributed by atoms with E-state index in [2.05, 4.69) is 0 Å². The molecule has 126 valence electrons. The summed E-state index contributed by atoms with van der Waals surface area (Å²) in [4.78, 5) is 24.6. The van der Waals surface area contributed by atoms with Gasteiger partial charge in [-0.05, 0) is 25.7 Å². The molecule has 1 N–H and O–H groups in total. The molecule has 0 aromatic heterocycles. The highest BCUT2D eigenvalue weighted by Crippen LogP contribution is 2.40. The number of hydrogen-bond donors (Lipinski definition) is 1. The number of aliphatic hydroxyl groups is 1. The van der Waals surface area contributed by atoms with Gasteiger partial charge in [0.1, 0.15) is 11.6 Å². The molecule has 2 saturated carbocycles. The first kappa shape index (κ1) is 17.6. The van der Waals surface area contributed by atoms with Gasteiger partial charge in [0.05, 0.1) is 24.2 Å². The third-order valence-corrected chi connectivity index (χ3v) is 5.46. The number of Topliss-reactive ketones (excluding diaryl/α,β-unsaturated/α-hetero) is 2. The molecule has 5 atom stereocenters. The summed E-state index contributed by atoms with van der Waals surface area (Å²) >= 11 is 0. The zero-order valence-electron chi connectivity index (χ0n) is 14.5. The van der Waals surface area contributed by atoms with Crippen LogP contribution in [0, 0.1) is 22.7 Å². The van der Waals surface area contributed by atoms with Gasteiger partial charge in [-0.25, -0.2) is 0 Å². The third-order valence-electron chi connectivity index (χ3n) is 5.46. The molecular formula is C18H30O4. The smallest absolute Gasteiger partial charge is 0.144 e. The zero-order valence-corrected chi connectivity index (χ0v) is 14.5. The van der Waals surface area contributed by atoms with Gasteiger partial charge in [-0.15, -0.1) is 0 Å². The van der Waals surface area contributed by atoms with Crippen molar-refractivity contribution in [1.82, 2.24) is 0 Å². The van der Waals surface area contributed by atoms with Crippen molar-refractivity contribution in [2.24, 2.45) is 22.7 Å². The van der Waals surface area contributed by atoms with E-state index in [1.807, 2.05) is 34.6 Å². The SMILES string of the molecule is CC1CC(OCC2(C)CC(O)CC(C)C2=O)CC(C)(C)C1=O. The Labute approximate surface area is 133 Å². The van der Waals surface area contributed by atoms with Gasteiger partial charge in [0, 0.05) is 17.3 Å². The molecule has 0 spiro atoms. The molecule has 0 aromatic carbocycles. The van der Waals surface area contributed by atoms with E-state index < -0.39 is 11.5 Å². The second-order valence-electron chi connectivity index (χ2n) is 8.44. The summed E-state index contributed by atoms with van der Waals surface area (Å²) in [6.45, 7) is 10.0. The normalized spacial score (nSPS) is 42.5. The van der Waals surface area contributed by atoms with Crippen LogP contribution in [-0.2, 0) is 14.3 Å². The van der Waals surface area contributed by atoms with Crippen molar-refractivity contribution >= 4 is 11.6 Å². The monoisotopic (exact) mass is 310 g/mol. The van der Waals surface area contributed by atoms with Gasteiger partial charge in [-0.2, -0.15) is 0 Å². The molecule has 0 bridgehead atoms. The first-order valence-corrected chi connectivity index (χ1v) is 8.43. The highest BCUT2D eigenvalue weighted by atomic mass is 16.5. The fourth-order valence-corrected chi connectivity index (χ4v) is 4.29. The van der Waals surface area contributed by atoms with Crippen molar-refractivity contribution < 1.29 is 19.4 Å². The molecule has 0 aromatic rings. The van der Waals surface area contributed by atoms with Crippen LogP contribution in [0.4, 0.5) is 0 Å². The highest BCUT2D eigenvalue weighted by Gasteiger charge is 2.45. The Bertz CT molecular complexity index is 456.